The molecule has 0 bridgehead atoms. The van der Waals surface area contributed by atoms with Crippen LogP contribution in [0.1, 0.15) is 19.8 Å². The van der Waals surface area contributed by atoms with Crippen LogP contribution in [0.3, 0.4) is 0 Å². The van der Waals surface area contributed by atoms with E-state index < -0.39 is 6.10 Å². The van der Waals surface area contributed by atoms with E-state index in [1.54, 1.807) is 0 Å². The van der Waals surface area contributed by atoms with E-state index >= 15 is 0 Å². The number of rotatable bonds is 1. The van der Waals surface area contributed by atoms with Crippen molar-refractivity contribution in [1.29, 1.82) is 0 Å². The fraction of sp³-hybridized carbons (Fsp3) is 0.875. The molecule has 0 saturated carbocycles. The monoisotopic (exact) mass is 173 g/mol. The molecule has 2 atom stereocenters. The van der Waals surface area contributed by atoms with Gasteiger partial charge in [0, 0.05) is 13.5 Å². The molecule has 1 rings (SSSR count). The van der Waals surface area contributed by atoms with Crippen molar-refractivity contribution in [2.45, 2.75) is 31.9 Å². The fourth-order valence-corrected chi connectivity index (χ4v) is 1.58. The highest BCUT2D eigenvalue weighted by atomic mass is 16.3. The molecule has 12 heavy (non-hydrogen) atoms. The molecule has 0 aliphatic carbocycles. The maximum atomic E-state index is 11.0. The highest BCUT2D eigenvalue weighted by molar-refractivity contribution is 5.73. The van der Waals surface area contributed by atoms with Crippen LogP contribution in [0.15, 0.2) is 0 Å². The van der Waals surface area contributed by atoms with Crippen LogP contribution in [-0.2, 0) is 4.79 Å². The van der Waals surface area contributed by atoms with Gasteiger partial charge in [-0.3, -0.25) is 4.79 Å². The predicted molar refractivity (Wildman–Crippen MR) is 43.5 cm³/mol. The second-order valence-corrected chi connectivity index (χ2v) is 3.24. The van der Waals surface area contributed by atoms with Crippen molar-refractivity contribution in [2.24, 2.45) is 0 Å². The predicted octanol–water partition coefficient (Wildman–Crippen LogP) is -0.650. The first kappa shape index (κ1) is 9.48. The van der Waals surface area contributed by atoms with E-state index in [0.717, 1.165) is 0 Å². The van der Waals surface area contributed by atoms with Gasteiger partial charge in [-0.25, -0.2) is 0 Å². The van der Waals surface area contributed by atoms with E-state index in [9.17, 15) is 9.90 Å². The second kappa shape index (κ2) is 3.87. The fourth-order valence-electron chi connectivity index (χ4n) is 1.58. The number of piperidine rings is 1. The molecule has 0 aromatic heterocycles. The molecule has 70 valence electrons. The van der Waals surface area contributed by atoms with Gasteiger partial charge in [-0.05, 0) is 12.8 Å². The molecule has 0 aromatic carbocycles. The number of aliphatic hydroxyl groups excluding tert-OH is 2. The van der Waals surface area contributed by atoms with Crippen molar-refractivity contribution >= 4 is 5.91 Å². The lowest BCUT2D eigenvalue weighted by Gasteiger charge is -2.36. The number of hydrogen-bond acceptors (Lipinski definition) is 3. The molecule has 1 amide bonds. The van der Waals surface area contributed by atoms with Crippen molar-refractivity contribution < 1.29 is 15.0 Å². The molecule has 0 radical (unpaired) electrons. The molecule has 1 fully saturated rings. The maximum Gasteiger partial charge on any atom is 0.219 e. The van der Waals surface area contributed by atoms with Gasteiger partial charge in [-0.1, -0.05) is 0 Å². The van der Waals surface area contributed by atoms with Crippen LogP contribution in [0.25, 0.3) is 0 Å². The van der Waals surface area contributed by atoms with Gasteiger partial charge in [0.2, 0.25) is 5.91 Å². The molecule has 2 unspecified atom stereocenters. The summed E-state index contributed by atoms with van der Waals surface area (Å²) in [7, 11) is 0. The SMILES string of the molecule is CC(=O)N1CC(O)CCC1CO. The summed E-state index contributed by atoms with van der Waals surface area (Å²) in [4.78, 5) is 12.6. The molecule has 4 heteroatoms. The van der Waals surface area contributed by atoms with Crippen molar-refractivity contribution in [2.75, 3.05) is 13.2 Å². The lowest BCUT2D eigenvalue weighted by atomic mass is 10.0. The number of amides is 1. The minimum Gasteiger partial charge on any atom is -0.394 e. The van der Waals surface area contributed by atoms with E-state index in [4.69, 9.17) is 5.11 Å². The van der Waals surface area contributed by atoms with Gasteiger partial charge >= 0.3 is 0 Å². The summed E-state index contributed by atoms with van der Waals surface area (Å²) in [5.74, 6) is -0.0761. The topological polar surface area (TPSA) is 60.8 Å². The maximum absolute atomic E-state index is 11.0. The van der Waals surface area contributed by atoms with E-state index in [0.29, 0.717) is 19.4 Å². The quantitative estimate of drug-likeness (QED) is 0.554. The Morgan fingerprint density at radius 3 is 2.75 bits per heavy atom. The standard InChI is InChI=1S/C8H15NO3/c1-6(11)9-4-8(12)3-2-7(9)5-10/h7-8,10,12H,2-5H2,1H3. The van der Waals surface area contributed by atoms with Crippen LogP contribution in [-0.4, -0.2) is 46.3 Å². The minimum atomic E-state index is -0.420. The lowest BCUT2D eigenvalue weighted by molar-refractivity contribution is -0.136. The molecule has 0 spiro atoms. The summed E-state index contributed by atoms with van der Waals surface area (Å²) in [6, 6.07) is -0.0918. The van der Waals surface area contributed by atoms with Crippen molar-refractivity contribution in [3.63, 3.8) is 0 Å². The van der Waals surface area contributed by atoms with Crippen LogP contribution in [0.2, 0.25) is 0 Å². The van der Waals surface area contributed by atoms with Crippen molar-refractivity contribution in [3.8, 4) is 0 Å². The second-order valence-electron chi connectivity index (χ2n) is 3.24. The summed E-state index contributed by atoms with van der Waals surface area (Å²) >= 11 is 0. The number of hydrogen-bond donors (Lipinski definition) is 2. The number of aliphatic hydroxyl groups is 2. The number of carbonyl (C=O) groups excluding carboxylic acids is 1. The number of β-amino-alcohol motifs (C(OH)–C–C–N with tert-alkyl or cyclic N) is 1. The Morgan fingerprint density at radius 2 is 2.25 bits per heavy atom. The van der Waals surface area contributed by atoms with Crippen LogP contribution in [0, 0.1) is 0 Å². The Kier molecular flexibility index (Phi) is 3.05. The van der Waals surface area contributed by atoms with Gasteiger partial charge in [-0.2, -0.15) is 0 Å². The van der Waals surface area contributed by atoms with Crippen LogP contribution in [0.5, 0.6) is 0 Å². The molecule has 1 aliphatic heterocycles. The van der Waals surface area contributed by atoms with Gasteiger partial charge in [0.15, 0.2) is 0 Å². The summed E-state index contributed by atoms with van der Waals surface area (Å²) < 4.78 is 0. The smallest absolute Gasteiger partial charge is 0.219 e. The molecule has 0 aromatic rings. The third-order valence-corrected chi connectivity index (χ3v) is 2.30. The van der Waals surface area contributed by atoms with Gasteiger partial charge in [-0.15, -0.1) is 0 Å². The van der Waals surface area contributed by atoms with Crippen molar-refractivity contribution in [3.05, 3.63) is 0 Å². The largest absolute Gasteiger partial charge is 0.394 e. The Bertz CT molecular complexity index is 172. The third-order valence-electron chi connectivity index (χ3n) is 2.30. The van der Waals surface area contributed by atoms with E-state index in [1.165, 1.54) is 11.8 Å². The molecule has 1 aliphatic rings. The third kappa shape index (κ3) is 1.95. The average molecular weight is 173 g/mol. The zero-order valence-electron chi connectivity index (χ0n) is 7.23. The van der Waals surface area contributed by atoms with Crippen molar-refractivity contribution in [1.82, 2.24) is 4.90 Å². The first-order valence-corrected chi connectivity index (χ1v) is 4.21. The van der Waals surface area contributed by atoms with Gasteiger partial charge in [0.1, 0.15) is 0 Å². The Balaban J connectivity index is 2.58. The zero-order chi connectivity index (χ0) is 9.14. The normalized spacial score (nSPS) is 30.4. The van der Waals surface area contributed by atoms with Crippen LogP contribution >= 0.6 is 0 Å². The first-order chi connectivity index (χ1) is 5.65. The first-order valence-electron chi connectivity index (χ1n) is 4.21. The Hall–Kier alpha value is -0.610. The van der Waals surface area contributed by atoms with Gasteiger partial charge < -0.3 is 15.1 Å². The van der Waals surface area contributed by atoms with E-state index in [-0.39, 0.29) is 18.6 Å². The van der Waals surface area contributed by atoms with Crippen LogP contribution in [0.4, 0.5) is 0 Å². The summed E-state index contributed by atoms with van der Waals surface area (Å²) in [6.45, 7) is 1.81. The summed E-state index contributed by atoms with van der Waals surface area (Å²) in [5.41, 5.74) is 0. The Morgan fingerprint density at radius 1 is 1.58 bits per heavy atom. The van der Waals surface area contributed by atoms with Gasteiger partial charge in [0.05, 0.1) is 18.8 Å². The number of likely N-dealkylation sites (tertiary alicyclic amines) is 1. The number of carbonyl (C=O) groups is 1. The lowest BCUT2D eigenvalue weighted by Crippen LogP contribution is -2.49. The molecule has 1 heterocycles. The highest BCUT2D eigenvalue weighted by Crippen LogP contribution is 2.16. The molecular weight excluding hydrogens is 158 g/mol. The molecule has 1 saturated heterocycles. The van der Waals surface area contributed by atoms with Gasteiger partial charge in [0.25, 0.3) is 0 Å². The highest BCUT2D eigenvalue weighted by Gasteiger charge is 2.27. The molecule has 2 N–H and O–H groups in total. The molecular formula is C8H15NO3. The van der Waals surface area contributed by atoms with E-state index in [1.807, 2.05) is 0 Å². The van der Waals surface area contributed by atoms with E-state index in [2.05, 4.69) is 0 Å². The minimum absolute atomic E-state index is 0.00764. The zero-order valence-corrected chi connectivity index (χ0v) is 7.23. The molecule has 4 nitrogen and oxygen atoms in total. The average Bonchev–Trinajstić information content (AvgIpc) is 2.04. The number of nitrogens with zero attached hydrogens (tertiary/aromatic N) is 1. The van der Waals surface area contributed by atoms with Crippen LogP contribution < -0.4 is 0 Å². The summed E-state index contributed by atoms with van der Waals surface area (Å²) in [6.07, 6.45) is 0.948. The summed E-state index contributed by atoms with van der Waals surface area (Å²) in [5, 5.41) is 18.2. The Labute approximate surface area is 71.8 Å².